The molecule has 60 valence electrons. The van der Waals surface area contributed by atoms with Gasteiger partial charge in [-0.05, 0) is 6.54 Å². The standard InChI is InChI=1S/C6H13IN2O/c1-2-9(4-3-7)5-6(8)10/h2-5H2,1H3,(H2,8,10). The van der Waals surface area contributed by atoms with Crippen LogP contribution in [-0.4, -0.2) is 34.9 Å². The molecule has 0 aromatic rings. The summed E-state index contributed by atoms with van der Waals surface area (Å²) in [4.78, 5) is 12.4. The van der Waals surface area contributed by atoms with Crippen LogP contribution in [0.2, 0.25) is 0 Å². The number of primary amides is 1. The number of nitrogens with zero attached hydrogens (tertiary/aromatic N) is 1. The fourth-order valence-corrected chi connectivity index (χ4v) is 1.37. The topological polar surface area (TPSA) is 46.3 Å². The van der Waals surface area contributed by atoms with E-state index in [0.717, 1.165) is 17.5 Å². The van der Waals surface area contributed by atoms with E-state index in [1.807, 2.05) is 11.8 Å². The Morgan fingerprint density at radius 1 is 1.70 bits per heavy atom. The van der Waals surface area contributed by atoms with Gasteiger partial charge in [0.1, 0.15) is 0 Å². The van der Waals surface area contributed by atoms with Crippen molar-refractivity contribution in [2.24, 2.45) is 5.73 Å². The first kappa shape index (κ1) is 10.2. The molecule has 1 amide bonds. The number of nitrogens with two attached hydrogens (primary N) is 1. The summed E-state index contributed by atoms with van der Waals surface area (Å²) >= 11 is 2.28. The Labute approximate surface area is 75.1 Å². The van der Waals surface area contributed by atoms with Crippen molar-refractivity contribution in [3.05, 3.63) is 0 Å². The zero-order valence-electron chi connectivity index (χ0n) is 6.14. The van der Waals surface area contributed by atoms with Crippen LogP contribution in [0.25, 0.3) is 0 Å². The van der Waals surface area contributed by atoms with Crippen LogP contribution in [-0.2, 0) is 4.79 Å². The maximum Gasteiger partial charge on any atom is 0.231 e. The van der Waals surface area contributed by atoms with E-state index in [1.54, 1.807) is 0 Å². The summed E-state index contributed by atoms with van der Waals surface area (Å²) in [6.07, 6.45) is 0. The van der Waals surface area contributed by atoms with E-state index in [9.17, 15) is 4.79 Å². The summed E-state index contributed by atoms with van der Waals surface area (Å²) < 4.78 is 1.04. The Kier molecular flexibility index (Phi) is 6.00. The highest BCUT2D eigenvalue weighted by Crippen LogP contribution is 1.89. The molecule has 2 N–H and O–H groups in total. The molecule has 0 heterocycles. The van der Waals surface area contributed by atoms with Crippen LogP contribution < -0.4 is 5.73 Å². The first-order chi connectivity index (χ1) is 4.70. The minimum absolute atomic E-state index is 0.244. The predicted molar refractivity (Wildman–Crippen MR) is 50.2 cm³/mol. The zero-order chi connectivity index (χ0) is 7.98. The average molecular weight is 256 g/mol. The van der Waals surface area contributed by atoms with Crippen LogP contribution in [0.15, 0.2) is 0 Å². The van der Waals surface area contributed by atoms with Gasteiger partial charge in [-0.15, -0.1) is 0 Å². The molecule has 0 aliphatic carbocycles. The molecule has 4 heteroatoms. The first-order valence-corrected chi connectivity index (χ1v) is 4.79. The molecule has 0 aromatic heterocycles. The molecule has 0 bridgehead atoms. The Hall–Kier alpha value is 0.160. The number of hydrogen-bond donors (Lipinski definition) is 1. The average Bonchev–Trinajstić information content (AvgIpc) is 1.86. The molecule has 0 aliphatic heterocycles. The van der Waals surface area contributed by atoms with Gasteiger partial charge in [-0.1, -0.05) is 29.5 Å². The lowest BCUT2D eigenvalue weighted by Gasteiger charge is -2.15. The molecular formula is C6H13IN2O. The van der Waals surface area contributed by atoms with Gasteiger partial charge < -0.3 is 5.73 Å². The van der Waals surface area contributed by atoms with Crippen molar-refractivity contribution in [2.75, 3.05) is 24.1 Å². The monoisotopic (exact) mass is 256 g/mol. The van der Waals surface area contributed by atoms with Gasteiger partial charge in [-0.2, -0.15) is 0 Å². The normalized spacial score (nSPS) is 10.3. The molecule has 10 heavy (non-hydrogen) atoms. The highest BCUT2D eigenvalue weighted by Gasteiger charge is 2.03. The number of halogens is 1. The van der Waals surface area contributed by atoms with E-state index in [2.05, 4.69) is 22.6 Å². The second-order valence-corrected chi connectivity index (χ2v) is 3.10. The summed E-state index contributed by atoms with van der Waals surface area (Å²) in [6, 6.07) is 0. The fraction of sp³-hybridized carbons (Fsp3) is 0.833. The van der Waals surface area contributed by atoms with E-state index in [4.69, 9.17) is 5.73 Å². The highest BCUT2D eigenvalue weighted by atomic mass is 127. The van der Waals surface area contributed by atoms with Crippen LogP contribution in [0.4, 0.5) is 0 Å². The fourth-order valence-electron chi connectivity index (χ4n) is 0.689. The van der Waals surface area contributed by atoms with Crippen LogP contribution >= 0.6 is 22.6 Å². The Morgan fingerprint density at radius 3 is 2.60 bits per heavy atom. The minimum atomic E-state index is -0.244. The molecule has 3 nitrogen and oxygen atoms in total. The number of likely N-dealkylation sites (N-methyl/N-ethyl adjacent to an activating group) is 1. The summed E-state index contributed by atoms with van der Waals surface area (Å²) in [5.74, 6) is -0.244. The lowest BCUT2D eigenvalue weighted by atomic mass is 10.4. The smallest absolute Gasteiger partial charge is 0.231 e. The molecule has 0 fully saturated rings. The van der Waals surface area contributed by atoms with Gasteiger partial charge in [0, 0.05) is 11.0 Å². The summed E-state index contributed by atoms with van der Waals surface area (Å²) in [5, 5.41) is 0. The largest absolute Gasteiger partial charge is 0.369 e. The molecule has 0 saturated carbocycles. The Balaban J connectivity index is 3.49. The van der Waals surface area contributed by atoms with Gasteiger partial charge in [0.25, 0.3) is 0 Å². The number of rotatable bonds is 5. The molecule has 0 atom stereocenters. The number of alkyl halides is 1. The van der Waals surface area contributed by atoms with E-state index >= 15 is 0 Å². The van der Waals surface area contributed by atoms with Crippen molar-refractivity contribution in [3.8, 4) is 0 Å². The second kappa shape index (κ2) is 5.91. The SMILES string of the molecule is CCN(CCI)CC(N)=O. The predicted octanol–water partition coefficient (Wildman–Crippen LogP) is 0.229. The number of hydrogen-bond acceptors (Lipinski definition) is 2. The van der Waals surface area contributed by atoms with Gasteiger partial charge >= 0.3 is 0 Å². The third-order valence-corrected chi connectivity index (χ3v) is 1.71. The minimum Gasteiger partial charge on any atom is -0.369 e. The Bertz CT molecular complexity index is 108. The third-order valence-electron chi connectivity index (χ3n) is 1.23. The van der Waals surface area contributed by atoms with E-state index < -0.39 is 0 Å². The quantitative estimate of drug-likeness (QED) is 0.565. The van der Waals surface area contributed by atoms with E-state index in [0.29, 0.717) is 6.54 Å². The third kappa shape index (κ3) is 4.99. The molecule has 0 saturated heterocycles. The highest BCUT2D eigenvalue weighted by molar-refractivity contribution is 14.1. The number of amides is 1. The molecule has 0 spiro atoms. The van der Waals surface area contributed by atoms with Crippen molar-refractivity contribution in [1.82, 2.24) is 4.90 Å². The van der Waals surface area contributed by atoms with Gasteiger partial charge in [-0.3, -0.25) is 9.69 Å². The van der Waals surface area contributed by atoms with Gasteiger partial charge in [0.15, 0.2) is 0 Å². The maximum absolute atomic E-state index is 10.4. The maximum atomic E-state index is 10.4. The lowest BCUT2D eigenvalue weighted by molar-refractivity contribution is -0.119. The Morgan fingerprint density at radius 2 is 2.30 bits per heavy atom. The molecule has 0 unspecified atom stereocenters. The zero-order valence-corrected chi connectivity index (χ0v) is 8.30. The van der Waals surface area contributed by atoms with Crippen molar-refractivity contribution in [2.45, 2.75) is 6.92 Å². The van der Waals surface area contributed by atoms with E-state index in [1.165, 1.54) is 0 Å². The van der Waals surface area contributed by atoms with Crippen molar-refractivity contribution >= 4 is 28.5 Å². The van der Waals surface area contributed by atoms with Gasteiger partial charge in [0.2, 0.25) is 5.91 Å². The van der Waals surface area contributed by atoms with Crippen molar-refractivity contribution in [1.29, 1.82) is 0 Å². The van der Waals surface area contributed by atoms with E-state index in [-0.39, 0.29) is 5.91 Å². The molecular weight excluding hydrogens is 243 g/mol. The van der Waals surface area contributed by atoms with Gasteiger partial charge in [-0.25, -0.2) is 0 Å². The summed E-state index contributed by atoms with van der Waals surface area (Å²) in [5.41, 5.74) is 5.02. The summed E-state index contributed by atoms with van der Waals surface area (Å²) in [7, 11) is 0. The number of carbonyl (C=O) groups is 1. The summed E-state index contributed by atoms with van der Waals surface area (Å²) in [6.45, 7) is 4.25. The first-order valence-electron chi connectivity index (χ1n) is 3.27. The molecule has 0 rings (SSSR count). The van der Waals surface area contributed by atoms with Crippen LogP contribution in [0, 0.1) is 0 Å². The van der Waals surface area contributed by atoms with Crippen LogP contribution in [0.1, 0.15) is 6.92 Å². The molecule has 0 aromatic carbocycles. The van der Waals surface area contributed by atoms with Crippen LogP contribution in [0.5, 0.6) is 0 Å². The van der Waals surface area contributed by atoms with Gasteiger partial charge in [0.05, 0.1) is 6.54 Å². The molecule has 0 radical (unpaired) electrons. The van der Waals surface area contributed by atoms with Crippen molar-refractivity contribution < 1.29 is 4.79 Å². The van der Waals surface area contributed by atoms with Crippen LogP contribution in [0.3, 0.4) is 0 Å². The second-order valence-electron chi connectivity index (χ2n) is 2.02. The number of carbonyl (C=O) groups excluding carboxylic acids is 1. The van der Waals surface area contributed by atoms with Crippen molar-refractivity contribution in [3.63, 3.8) is 0 Å². The lowest BCUT2D eigenvalue weighted by Crippen LogP contribution is -2.34. The molecule has 0 aliphatic rings.